The zero-order valence-electron chi connectivity index (χ0n) is 24.7. The van der Waals surface area contributed by atoms with E-state index in [1.165, 1.54) is 12.0 Å². The number of nitrogens with zero attached hydrogens (tertiary/aromatic N) is 1. The van der Waals surface area contributed by atoms with Gasteiger partial charge in [0.05, 0.1) is 0 Å². The zero-order valence-corrected chi connectivity index (χ0v) is 24.7. The largest absolute Gasteiger partial charge is 0.377 e. The first-order valence-corrected chi connectivity index (χ1v) is 15.8. The number of rotatable bonds is 10. The first kappa shape index (κ1) is 29.4. The van der Waals surface area contributed by atoms with Crippen molar-refractivity contribution in [3.63, 3.8) is 0 Å². The second-order valence-electron chi connectivity index (χ2n) is 13.6. The van der Waals surface area contributed by atoms with E-state index in [1.54, 1.807) is 0 Å². The molecule has 3 fully saturated rings. The molecule has 3 unspecified atom stereocenters. The Morgan fingerprint density at radius 1 is 1.00 bits per heavy atom. The van der Waals surface area contributed by atoms with E-state index < -0.39 is 5.60 Å². The van der Waals surface area contributed by atoms with Gasteiger partial charge in [-0.15, -0.1) is 5.92 Å². The third-order valence-corrected chi connectivity index (χ3v) is 11.4. The molecule has 4 aliphatic rings. The molecule has 0 aromatic heterocycles. The fourth-order valence-electron chi connectivity index (χ4n) is 8.72. The number of unbranched alkanes of at least 4 members (excludes halogenated alkanes) is 6. The van der Waals surface area contributed by atoms with Crippen LogP contribution >= 0.6 is 0 Å². The van der Waals surface area contributed by atoms with Crippen LogP contribution in [0.2, 0.25) is 0 Å². The lowest BCUT2D eigenvalue weighted by Gasteiger charge is -2.58. The van der Waals surface area contributed by atoms with Crippen LogP contribution in [-0.4, -0.2) is 40.9 Å². The van der Waals surface area contributed by atoms with E-state index in [4.69, 9.17) is 0 Å². The van der Waals surface area contributed by atoms with Crippen molar-refractivity contribution in [1.82, 2.24) is 4.90 Å². The molecule has 0 aromatic carbocycles. The number of hydrogen-bond acceptors (Lipinski definition) is 3. The van der Waals surface area contributed by atoms with E-state index in [1.807, 2.05) is 18.0 Å². The minimum absolute atomic E-state index is 0.111. The Bertz CT molecular complexity index is 959. The number of carbonyl (C=O) groups excluding carboxylic acids is 2. The summed E-state index contributed by atoms with van der Waals surface area (Å²) in [5.41, 5.74) is 0.632. The summed E-state index contributed by atoms with van der Waals surface area (Å²) in [6, 6.07) is 0. The number of hydrogen-bond donors (Lipinski definition) is 1. The van der Waals surface area contributed by atoms with Gasteiger partial charge in [-0.1, -0.05) is 57.9 Å². The smallest absolute Gasteiger partial charge is 0.222 e. The summed E-state index contributed by atoms with van der Waals surface area (Å²) >= 11 is 0. The van der Waals surface area contributed by atoms with Crippen LogP contribution in [-0.2, 0) is 9.59 Å². The lowest BCUT2D eigenvalue weighted by Crippen LogP contribution is -2.54. The fraction of sp³-hybridized carbons (Fsp3) is 0.824. The molecule has 3 saturated carbocycles. The molecule has 0 aromatic rings. The predicted octanol–water partition coefficient (Wildman–Crippen LogP) is 7.24. The number of allylic oxidation sites excluding steroid dienone is 1. The van der Waals surface area contributed by atoms with Gasteiger partial charge in [-0.3, -0.25) is 9.59 Å². The van der Waals surface area contributed by atoms with Gasteiger partial charge in [0.25, 0.3) is 0 Å². The Morgan fingerprint density at radius 3 is 2.53 bits per heavy atom. The third kappa shape index (κ3) is 5.79. The molecule has 0 radical (unpaired) electrons. The van der Waals surface area contributed by atoms with Crippen LogP contribution in [0.15, 0.2) is 11.6 Å². The number of aliphatic hydroxyl groups is 1. The Labute approximate surface area is 232 Å². The van der Waals surface area contributed by atoms with Crippen molar-refractivity contribution in [1.29, 1.82) is 0 Å². The number of carbonyl (C=O) groups is 2. The van der Waals surface area contributed by atoms with Gasteiger partial charge in [0.15, 0.2) is 5.78 Å². The molecular weight excluding hydrogens is 470 g/mol. The van der Waals surface area contributed by atoms with E-state index in [9.17, 15) is 14.7 Å². The minimum Gasteiger partial charge on any atom is -0.377 e. The highest BCUT2D eigenvalue weighted by molar-refractivity contribution is 5.91. The first-order chi connectivity index (χ1) is 18.1. The summed E-state index contributed by atoms with van der Waals surface area (Å²) in [5.74, 6) is 9.25. The van der Waals surface area contributed by atoms with Crippen LogP contribution < -0.4 is 0 Å². The standard InChI is InChI=1S/C34H53NO3/c1-5-6-24-35(4)31(37)14-12-10-8-7-9-11-13-20-34(38)23-19-30-28-16-15-26-25-27(36)17-21-32(26,2)29(28)18-22-33(30,34)3/h25,28-30,38H,5-12,14-19,21-24H2,1-4H3/t28?,29?,30?,32-,33-,34-/m0/s1. The molecule has 0 spiro atoms. The Morgan fingerprint density at radius 2 is 1.74 bits per heavy atom. The van der Waals surface area contributed by atoms with Crippen LogP contribution in [0.5, 0.6) is 0 Å². The Hall–Kier alpha value is -1.60. The molecule has 0 aliphatic heterocycles. The summed E-state index contributed by atoms with van der Waals surface area (Å²) in [6.45, 7) is 7.79. The lowest BCUT2D eigenvalue weighted by atomic mass is 9.46. The van der Waals surface area contributed by atoms with Crippen LogP contribution in [0.25, 0.3) is 0 Å². The molecule has 6 atom stereocenters. The van der Waals surface area contributed by atoms with E-state index >= 15 is 0 Å². The molecule has 4 aliphatic carbocycles. The first-order valence-electron chi connectivity index (χ1n) is 15.8. The zero-order chi connectivity index (χ0) is 27.4. The van der Waals surface area contributed by atoms with Gasteiger partial charge in [-0.05, 0) is 93.5 Å². The predicted molar refractivity (Wildman–Crippen MR) is 154 cm³/mol. The molecule has 1 N–H and O–H groups in total. The Kier molecular flexibility index (Phi) is 9.50. The summed E-state index contributed by atoms with van der Waals surface area (Å²) in [7, 11) is 1.92. The van der Waals surface area contributed by atoms with Crippen molar-refractivity contribution in [3.05, 3.63) is 11.6 Å². The number of fused-ring (bicyclic) bond motifs is 5. The molecule has 0 saturated heterocycles. The summed E-state index contributed by atoms with van der Waals surface area (Å²) < 4.78 is 0. The maximum atomic E-state index is 12.1. The molecule has 0 bridgehead atoms. The Balaban J connectivity index is 1.22. The average Bonchev–Trinajstić information content (AvgIpc) is 3.17. The summed E-state index contributed by atoms with van der Waals surface area (Å²) in [6.07, 6.45) is 19.2. The molecule has 38 heavy (non-hydrogen) atoms. The van der Waals surface area contributed by atoms with Gasteiger partial charge in [-0.25, -0.2) is 0 Å². The van der Waals surface area contributed by atoms with E-state index in [-0.39, 0.29) is 16.7 Å². The maximum absolute atomic E-state index is 12.1. The fourth-order valence-corrected chi connectivity index (χ4v) is 8.72. The average molecular weight is 524 g/mol. The molecule has 212 valence electrons. The highest BCUT2D eigenvalue weighted by atomic mass is 16.3. The van der Waals surface area contributed by atoms with Gasteiger partial charge in [-0.2, -0.15) is 0 Å². The van der Waals surface area contributed by atoms with Crippen molar-refractivity contribution in [2.24, 2.45) is 28.6 Å². The van der Waals surface area contributed by atoms with Crippen LogP contribution in [0.1, 0.15) is 130 Å². The SMILES string of the molecule is CCCCN(C)C(=O)CCCCCCCC#C[C@]1(O)CCC2C3CCC4=CC(=O)CC[C@]4(C)C3CC[C@@]21C. The van der Waals surface area contributed by atoms with Crippen LogP contribution in [0, 0.1) is 40.4 Å². The molecule has 0 heterocycles. The second kappa shape index (κ2) is 12.3. The lowest BCUT2D eigenvalue weighted by molar-refractivity contribution is -0.130. The molecule has 4 heteroatoms. The monoisotopic (exact) mass is 523 g/mol. The number of amides is 1. The highest BCUT2D eigenvalue weighted by Crippen LogP contribution is 2.67. The maximum Gasteiger partial charge on any atom is 0.222 e. The van der Waals surface area contributed by atoms with E-state index in [2.05, 4.69) is 32.6 Å². The quantitative estimate of drug-likeness (QED) is 0.242. The molecular formula is C34H53NO3. The van der Waals surface area contributed by atoms with Crippen molar-refractivity contribution < 1.29 is 14.7 Å². The molecule has 4 rings (SSSR count). The van der Waals surface area contributed by atoms with Gasteiger partial charge >= 0.3 is 0 Å². The van der Waals surface area contributed by atoms with Crippen molar-refractivity contribution in [2.75, 3.05) is 13.6 Å². The van der Waals surface area contributed by atoms with Crippen LogP contribution in [0.3, 0.4) is 0 Å². The normalized spacial score (nSPS) is 35.9. The van der Waals surface area contributed by atoms with E-state index in [0.717, 1.165) is 96.4 Å². The van der Waals surface area contributed by atoms with Gasteiger partial charge in [0.2, 0.25) is 5.91 Å². The summed E-state index contributed by atoms with van der Waals surface area (Å²) in [5, 5.41) is 11.8. The molecule has 1 amide bonds. The highest BCUT2D eigenvalue weighted by Gasteiger charge is 2.63. The third-order valence-electron chi connectivity index (χ3n) is 11.4. The van der Waals surface area contributed by atoms with Gasteiger partial charge < -0.3 is 10.0 Å². The van der Waals surface area contributed by atoms with Crippen molar-refractivity contribution in [3.8, 4) is 11.8 Å². The second-order valence-corrected chi connectivity index (χ2v) is 13.6. The van der Waals surface area contributed by atoms with Gasteiger partial charge in [0, 0.05) is 38.3 Å². The topological polar surface area (TPSA) is 57.6 Å². The summed E-state index contributed by atoms with van der Waals surface area (Å²) in [4.78, 5) is 26.1. The van der Waals surface area contributed by atoms with Gasteiger partial charge in [0.1, 0.15) is 5.60 Å². The minimum atomic E-state index is -0.855. The van der Waals surface area contributed by atoms with Crippen LogP contribution in [0.4, 0.5) is 0 Å². The number of ketones is 1. The molecule has 4 nitrogen and oxygen atoms in total. The van der Waals surface area contributed by atoms with Crippen molar-refractivity contribution in [2.45, 2.75) is 136 Å². The van der Waals surface area contributed by atoms with E-state index in [0.29, 0.717) is 36.4 Å². The van der Waals surface area contributed by atoms with Crippen molar-refractivity contribution >= 4 is 11.7 Å².